The lowest BCUT2D eigenvalue weighted by Gasteiger charge is -2.26. The predicted octanol–water partition coefficient (Wildman–Crippen LogP) is 2.90. The molecule has 2 rings (SSSR count). The van der Waals surface area contributed by atoms with E-state index in [4.69, 9.17) is 5.73 Å². The highest BCUT2D eigenvalue weighted by molar-refractivity contribution is 7.80. The number of hydrogen-bond donors (Lipinski definition) is 3. The summed E-state index contributed by atoms with van der Waals surface area (Å²) in [5.74, 6) is 0.787. The van der Waals surface area contributed by atoms with E-state index < -0.39 is 0 Å². The Labute approximate surface area is 103 Å². The summed E-state index contributed by atoms with van der Waals surface area (Å²) in [6.07, 6.45) is 4.89. The molecule has 1 aromatic rings. The second kappa shape index (κ2) is 5.60. The third-order valence-electron chi connectivity index (χ3n) is 3.35. The van der Waals surface area contributed by atoms with Crippen molar-refractivity contribution >= 4 is 18.3 Å². The Balaban J connectivity index is 1.77. The molecule has 0 atom stereocenters. The minimum Gasteiger partial charge on any atom is -0.385 e. The quantitative estimate of drug-likeness (QED) is 0.706. The van der Waals surface area contributed by atoms with Crippen molar-refractivity contribution in [1.82, 2.24) is 0 Å². The van der Waals surface area contributed by atoms with Crippen molar-refractivity contribution < 1.29 is 0 Å². The summed E-state index contributed by atoms with van der Waals surface area (Å²) in [5, 5.41) is 3.48. The van der Waals surface area contributed by atoms with Gasteiger partial charge in [0.05, 0.1) is 0 Å². The van der Waals surface area contributed by atoms with Gasteiger partial charge in [0.2, 0.25) is 0 Å². The zero-order chi connectivity index (χ0) is 11.4. The molecular formula is C13H20N2S. The Morgan fingerprint density at radius 3 is 2.38 bits per heavy atom. The van der Waals surface area contributed by atoms with E-state index >= 15 is 0 Å². The highest BCUT2D eigenvalue weighted by atomic mass is 32.1. The normalized spacial score (nSPS) is 25.4. The molecule has 0 amide bonds. The van der Waals surface area contributed by atoms with Crippen LogP contribution in [0, 0.1) is 5.92 Å². The fourth-order valence-electron chi connectivity index (χ4n) is 2.23. The molecule has 0 spiro atoms. The van der Waals surface area contributed by atoms with Crippen molar-refractivity contribution in [2.24, 2.45) is 11.7 Å². The summed E-state index contributed by atoms with van der Waals surface area (Å²) in [5.41, 5.74) is 7.08. The molecule has 3 N–H and O–H groups in total. The topological polar surface area (TPSA) is 38.0 Å². The van der Waals surface area contributed by atoms with Crippen LogP contribution in [0.25, 0.3) is 0 Å². The largest absolute Gasteiger partial charge is 0.385 e. The Hall–Kier alpha value is -0.670. The summed E-state index contributed by atoms with van der Waals surface area (Å²) in [4.78, 5) is 1.01. The minimum atomic E-state index is 0.444. The van der Waals surface area contributed by atoms with E-state index in [1.165, 1.54) is 31.4 Å². The van der Waals surface area contributed by atoms with Crippen molar-refractivity contribution in [3.8, 4) is 0 Å². The Bertz CT molecular complexity index is 315. The molecule has 1 aliphatic carbocycles. The summed E-state index contributed by atoms with van der Waals surface area (Å²) in [6.45, 7) is 1.07. The Kier molecular flexibility index (Phi) is 4.13. The van der Waals surface area contributed by atoms with Gasteiger partial charge in [0.25, 0.3) is 0 Å². The molecule has 88 valence electrons. The van der Waals surface area contributed by atoms with Gasteiger partial charge in [0.15, 0.2) is 0 Å². The lowest BCUT2D eigenvalue weighted by Crippen LogP contribution is -2.29. The van der Waals surface area contributed by atoms with Crippen LogP contribution in [0.3, 0.4) is 0 Å². The first kappa shape index (κ1) is 11.8. The zero-order valence-corrected chi connectivity index (χ0v) is 10.4. The van der Waals surface area contributed by atoms with Gasteiger partial charge in [-0.25, -0.2) is 0 Å². The average Bonchev–Trinajstić information content (AvgIpc) is 2.30. The lowest BCUT2D eigenvalue weighted by atomic mass is 9.86. The van der Waals surface area contributed by atoms with Gasteiger partial charge in [-0.3, -0.25) is 0 Å². The van der Waals surface area contributed by atoms with Crippen LogP contribution >= 0.6 is 12.6 Å². The molecule has 2 nitrogen and oxygen atoms in total. The number of thiol groups is 1. The first-order valence-electron chi connectivity index (χ1n) is 6.02. The van der Waals surface area contributed by atoms with Crippen LogP contribution < -0.4 is 11.1 Å². The number of benzene rings is 1. The molecule has 0 saturated heterocycles. The zero-order valence-electron chi connectivity index (χ0n) is 9.52. The number of hydrogen-bond acceptors (Lipinski definition) is 3. The molecule has 0 radical (unpaired) electrons. The molecular weight excluding hydrogens is 216 g/mol. The third-order valence-corrected chi connectivity index (χ3v) is 3.65. The number of nitrogens with two attached hydrogens (primary N) is 1. The highest BCUT2D eigenvalue weighted by Crippen LogP contribution is 2.23. The third kappa shape index (κ3) is 3.42. The Morgan fingerprint density at radius 1 is 1.12 bits per heavy atom. The molecule has 0 unspecified atom stereocenters. The molecule has 1 aromatic carbocycles. The Morgan fingerprint density at radius 2 is 1.75 bits per heavy atom. The molecule has 3 heteroatoms. The van der Waals surface area contributed by atoms with Gasteiger partial charge in [-0.15, -0.1) is 12.6 Å². The summed E-state index contributed by atoms with van der Waals surface area (Å²) < 4.78 is 0. The second-order valence-corrected chi connectivity index (χ2v) is 5.22. The molecule has 1 aliphatic rings. The minimum absolute atomic E-state index is 0.444. The van der Waals surface area contributed by atoms with Crippen LogP contribution in [-0.2, 0) is 0 Å². The van der Waals surface area contributed by atoms with E-state index in [2.05, 4.69) is 30.1 Å². The summed E-state index contributed by atoms with van der Waals surface area (Å²) in [7, 11) is 0. The maximum atomic E-state index is 5.89. The molecule has 0 aromatic heterocycles. The van der Waals surface area contributed by atoms with Gasteiger partial charge >= 0.3 is 0 Å². The fourth-order valence-corrected chi connectivity index (χ4v) is 2.38. The van der Waals surface area contributed by atoms with Crippen molar-refractivity contribution in [2.45, 2.75) is 36.6 Å². The molecule has 0 bridgehead atoms. The predicted molar refractivity (Wildman–Crippen MR) is 72.1 cm³/mol. The van der Waals surface area contributed by atoms with Crippen molar-refractivity contribution in [2.75, 3.05) is 11.9 Å². The van der Waals surface area contributed by atoms with E-state index in [9.17, 15) is 0 Å². The second-order valence-electron chi connectivity index (χ2n) is 4.71. The van der Waals surface area contributed by atoms with Crippen molar-refractivity contribution in [1.29, 1.82) is 0 Å². The molecule has 0 heterocycles. The van der Waals surface area contributed by atoms with Gasteiger partial charge in [-0.2, -0.15) is 0 Å². The number of anilines is 1. The highest BCUT2D eigenvalue weighted by Gasteiger charge is 2.17. The SMILES string of the molecule is NC1CCC(CNc2ccc(S)cc2)CC1. The van der Waals surface area contributed by atoms with E-state index in [-0.39, 0.29) is 0 Å². The summed E-state index contributed by atoms with van der Waals surface area (Å²) in [6, 6.07) is 8.64. The fraction of sp³-hybridized carbons (Fsp3) is 0.538. The number of rotatable bonds is 3. The van der Waals surface area contributed by atoms with Gasteiger partial charge in [0, 0.05) is 23.2 Å². The van der Waals surface area contributed by atoms with E-state index in [1.54, 1.807) is 0 Å². The maximum Gasteiger partial charge on any atom is 0.0341 e. The molecule has 1 saturated carbocycles. The molecule has 1 fully saturated rings. The van der Waals surface area contributed by atoms with Crippen LogP contribution in [0.5, 0.6) is 0 Å². The van der Waals surface area contributed by atoms with E-state index in [1.807, 2.05) is 12.1 Å². The average molecular weight is 236 g/mol. The van der Waals surface area contributed by atoms with E-state index in [0.29, 0.717) is 6.04 Å². The van der Waals surface area contributed by atoms with Gasteiger partial charge in [-0.1, -0.05) is 0 Å². The number of nitrogens with one attached hydrogen (secondary N) is 1. The molecule has 0 aliphatic heterocycles. The van der Waals surface area contributed by atoms with Gasteiger partial charge < -0.3 is 11.1 Å². The van der Waals surface area contributed by atoms with Crippen LogP contribution in [-0.4, -0.2) is 12.6 Å². The first-order chi connectivity index (χ1) is 7.74. The van der Waals surface area contributed by atoms with Gasteiger partial charge in [0.1, 0.15) is 0 Å². The smallest absolute Gasteiger partial charge is 0.0341 e. The molecule has 16 heavy (non-hydrogen) atoms. The van der Waals surface area contributed by atoms with Crippen molar-refractivity contribution in [3.05, 3.63) is 24.3 Å². The van der Waals surface area contributed by atoms with Gasteiger partial charge in [-0.05, 0) is 55.9 Å². The van der Waals surface area contributed by atoms with Crippen LogP contribution in [0.2, 0.25) is 0 Å². The lowest BCUT2D eigenvalue weighted by molar-refractivity contribution is 0.339. The standard InChI is InChI=1S/C13H20N2S/c14-11-3-1-10(2-4-11)9-15-12-5-7-13(16)8-6-12/h5-8,10-11,15-16H,1-4,9,14H2. The van der Waals surface area contributed by atoms with Crippen molar-refractivity contribution in [3.63, 3.8) is 0 Å². The van der Waals surface area contributed by atoms with Crippen LogP contribution in [0.4, 0.5) is 5.69 Å². The monoisotopic (exact) mass is 236 g/mol. The van der Waals surface area contributed by atoms with Crippen LogP contribution in [0.1, 0.15) is 25.7 Å². The summed E-state index contributed by atoms with van der Waals surface area (Å²) >= 11 is 4.27. The first-order valence-corrected chi connectivity index (χ1v) is 6.47. The maximum absolute atomic E-state index is 5.89. The van der Waals surface area contributed by atoms with E-state index in [0.717, 1.165) is 17.4 Å². The van der Waals surface area contributed by atoms with Crippen LogP contribution in [0.15, 0.2) is 29.2 Å².